The Morgan fingerprint density at radius 2 is 1.00 bits per heavy atom. The third kappa shape index (κ3) is 4.57. The molecule has 0 unspecified atom stereocenters. The zero-order valence-electron chi connectivity index (χ0n) is 15.1. The Morgan fingerprint density at radius 3 is 1.27 bits per heavy atom. The minimum absolute atomic E-state index is 0.209. The molecule has 0 aliphatic carbocycles. The van der Waals surface area contributed by atoms with Crippen LogP contribution >= 0.6 is 0 Å². The maximum Gasteiger partial charge on any atom is 0.0409 e. The van der Waals surface area contributed by atoms with E-state index in [0.717, 1.165) is 51.4 Å². The Hall–Kier alpha value is -0.860. The maximum atomic E-state index is 6.76. The van der Waals surface area contributed by atoms with Crippen LogP contribution in [0.1, 0.15) is 90.2 Å². The summed E-state index contributed by atoms with van der Waals surface area (Å²) in [6, 6.07) is 8.81. The summed E-state index contributed by atoms with van der Waals surface area (Å²) in [6.07, 6.45) is 8.56. The molecule has 1 aromatic carbocycles. The highest BCUT2D eigenvalue weighted by atomic mass is 14.8. The molecule has 1 rings (SSSR count). The first-order valence-electron chi connectivity index (χ1n) is 9.14. The monoisotopic (exact) mass is 304 g/mol. The Bertz CT molecular complexity index is 390. The predicted molar refractivity (Wildman–Crippen MR) is 97.8 cm³/mol. The average Bonchev–Trinajstić information content (AvgIpc) is 2.48. The molecule has 0 aromatic heterocycles. The lowest BCUT2D eigenvalue weighted by atomic mass is 9.78. The summed E-state index contributed by atoms with van der Waals surface area (Å²) >= 11 is 0. The lowest BCUT2D eigenvalue weighted by molar-refractivity contribution is 0.357. The molecule has 0 saturated heterocycles. The topological polar surface area (TPSA) is 52.0 Å². The molecular weight excluding hydrogens is 268 g/mol. The Balaban J connectivity index is 3.20. The van der Waals surface area contributed by atoms with Crippen molar-refractivity contribution in [2.24, 2.45) is 11.5 Å². The number of hydrogen-bond acceptors (Lipinski definition) is 2. The van der Waals surface area contributed by atoms with E-state index in [2.05, 4.69) is 52.0 Å². The summed E-state index contributed by atoms with van der Waals surface area (Å²) in [4.78, 5) is 0. The molecule has 22 heavy (non-hydrogen) atoms. The molecule has 0 aliphatic heterocycles. The summed E-state index contributed by atoms with van der Waals surface area (Å²) in [7, 11) is 0. The average molecular weight is 305 g/mol. The highest BCUT2D eigenvalue weighted by molar-refractivity contribution is 5.33. The van der Waals surface area contributed by atoms with Crippen LogP contribution < -0.4 is 11.5 Å². The lowest BCUT2D eigenvalue weighted by Crippen LogP contribution is -2.39. The van der Waals surface area contributed by atoms with Gasteiger partial charge in [0.1, 0.15) is 0 Å². The zero-order chi connectivity index (χ0) is 16.6. The Kier molecular flexibility index (Phi) is 7.58. The molecule has 0 aliphatic rings. The third-order valence-corrected chi connectivity index (χ3v) is 4.80. The minimum atomic E-state index is -0.209. The van der Waals surface area contributed by atoms with Crippen LogP contribution in [0.25, 0.3) is 0 Å². The van der Waals surface area contributed by atoms with Crippen molar-refractivity contribution in [2.75, 3.05) is 0 Å². The summed E-state index contributed by atoms with van der Waals surface area (Å²) in [5.74, 6) is 0. The Morgan fingerprint density at radius 1 is 0.682 bits per heavy atom. The number of hydrogen-bond donors (Lipinski definition) is 2. The first-order chi connectivity index (χ1) is 10.5. The molecule has 0 bridgehead atoms. The smallest absolute Gasteiger partial charge is 0.0409 e. The van der Waals surface area contributed by atoms with Crippen molar-refractivity contribution in [1.82, 2.24) is 0 Å². The van der Waals surface area contributed by atoms with Crippen molar-refractivity contribution in [3.05, 3.63) is 35.4 Å². The van der Waals surface area contributed by atoms with Crippen LogP contribution in [0.3, 0.4) is 0 Å². The highest BCUT2D eigenvalue weighted by Gasteiger charge is 2.29. The molecule has 1 aromatic rings. The second-order valence-electron chi connectivity index (χ2n) is 6.89. The van der Waals surface area contributed by atoms with Gasteiger partial charge < -0.3 is 11.5 Å². The van der Waals surface area contributed by atoms with Gasteiger partial charge in [0.2, 0.25) is 0 Å². The quantitative estimate of drug-likeness (QED) is 0.624. The van der Waals surface area contributed by atoms with Crippen molar-refractivity contribution in [3.8, 4) is 0 Å². The highest BCUT2D eigenvalue weighted by Crippen LogP contribution is 2.34. The Labute approximate surface area is 137 Å². The van der Waals surface area contributed by atoms with Crippen LogP contribution in [-0.2, 0) is 11.1 Å². The molecule has 126 valence electrons. The van der Waals surface area contributed by atoms with E-state index in [9.17, 15) is 0 Å². The number of nitrogens with two attached hydrogens (primary N) is 2. The van der Waals surface area contributed by atoms with Crippen molar-refractivity contribution >= 4 is 0 Å². The minimum Gasteiger partial charge on any atom is -0.321 e. The van der Waals surface area contributed by atoms with Crippen molar-refractivity contribution in [1.29, 1.82) is 0 Å². The molecule has 0 amide bonds. The first-order valence-corrected chi connectivity index (χ1v) is 9.14. The standard InChI is InChI=1S/C20H36N2/c1-5-12-19(21,13-6-2)17-10-9-11-18(16-17)20(22,14-7-3)15-8-4/h9-11,16H,5-8,12-15,21-22H2,1-4H3. The van der Waals surface area contributed by atoms with Gasteiger partial charge in [0.15, 0.2) is 0 Å². The van der Waals surface area contributed by atoms with E-state index < -0.39 is 0 Å². The zero-order valence-corrected chi connectivity index (χ0v) is 15.1. The van der Waals surface area contributed by atoms with Gasteiger partial charge in [0.25, 0.3) is 0 Å². The summed E-state index contributed by atoms with van der Waals surface area (Å²) in [5, 5.41) is 0. The summed E-state index contributed by atoms with van der Waals surface area (Å²) in [5.41, 5.74) is 15.6. The van der Waals surface area contributed by atoms with Gasteiger partial charge in [0, 0.05) is 11.1 Å². The van der Waals surface area contributed by atoms with E-state index in [-0.39, 0.29) is 11.1 Å². The first kappa shape index (κ1) is 19.2. The predicted octanol–water partition coefficient (Wildman–Crippen LogP) is 5.20. The van der Waals surface area contributed by atoms with Gasteiger partial charge in [-0.15, -0.1) is 0 Å². The van der Waals surface area contributed by atoms with E-state index in [1.54, 1.807) is 0 Å². The molecule has 2 heteroatoms. The second-order valence-corrected chi connectivity index (χ2v) is 6.89. The maximum absolute atomic E-state index is 6.76. The van der Waals surface area contributed by atoms with Crippen LogP contribution in [0.2, 0.25) is 0 Å². The largest absolute Gasteiger partial charge is 0.321 e. The molecule has 0 radical (unpaired) electrons. The van der Waals surface area contributed by atoms with Gasteiger partial charge in [-0.25, -0.2) is 0 Å². The van der Waals surface area contributed by atoms with E-state index >= 15 is 0 Å². The van der Waals surface area contributed by atoms with Gasteiger partial charge in [-0.1, -0.05) is 77.6 Å². The van der Waals surface area contributed by atoms with Gasteiger partial charge in [-0.3, -0.25) is 0 Å². The molecule has 4 N–H and O–H groups in total. The molecule has 2 nitrogen and oxygen atoms in total. The SMILES string of the molecule is CCCC(N)(CCC)c1cccc(C(N)(CCC)CCC)c1. The molecule has 0 heterocycles. The van der Waals surface area contributed by atoms with Gasteiger partial charge in [-0.05, 0) is 36.8 Å². The van der Waals surface area contributed by atoms with Crippen LogP contribution in [0.15, 0.2) is 24.3 Å². The van der Waals surface area contributed by atoms with Gasteiger partial charge >= 0.3 is 0 Å². The molecular formula is C20H36N2. The van der Waals surface area contributed by atoms with Crippen LogP contribution in [-0.4, -0.2) is 0 Å². The fourth-order valence-corrected chi connectivity index (χ4v) is 3.75. The molecule has 0 saturated carbocycles. The molecule has 0 fully saturated rings. The lowest BCUT2D eigenvalue weighted by Gasteiger charge is -2.34. The van der Waals surface area contributed by atoms with Crippen molar-refractivity contribution in [2.45, 2.75) is 90.1 Å². The number of rotatable bonds is 10. The van der Waals surface area contributed by atoms with Crippen LogP contribution in [0.5, 0.6) is 0 Å². The van der Waals surface area contributed by atoms with E-state index in [1.165, 1.54) is 11.1 Å². The molecule has 0 atom stereocenters. The molecule has 0 spiro atoms. The second kappa shape index (κ2) is 8.69. The van der Waals surface area contributed by atoms with Crippen molar-refractivity contribution < 1.29 is 0 Å². The number of benzene rings is 1. The summed E-state index contributed by atoms with van der Waals surface area (Å²) < 4.78 is 0. The van der Waals surface area contributed by atoms with Crippen LogP contribution in [0, 0.1) is 0 Å². The normalized spacial score (nSPS) is 12.6. The van der Waals surface area contributed by atoms with E-state index in [4.69, 9.17) is 11.5 Å². The fraction of sp³-hybridized carbons (Fsp3) is 0.700. The third-order valence-electron chi connectivity index (χ3n) is 4.80. The van der Waals surface area contributed by atoms with E-state index in [0.29, 0.717) is 0 Å². The van der Waals surface area contributed by atoms with E-state index in [1.807, 2.05) is 0 Å². The van der Waals surface area contributed by atoms with Gasteiger partial charge in [0.05, 0.1) is 0 Å². The summed E-state index contributed by atoms with van der Waals surface area (Å²) in [6.45, 7) is 8.84. The van der Waals surface area contributed by atoms with Crippen molar-refractivity contribution in [3.63, 3.8) is 0 Å². The fourth-order valence-electron chi connectivity index (χ4n) is 3.75. The van der Waals surface area contributed by atoms with Crippen LogP contribution in [0.4, 0.5) is 0 Å². The van der Waals surface area contributed by atoms with Gasteiger partial charge in [-0.2, -0.15) is 0 Å².